The van der Waals surface area contributed by atoms with Gasteiger partial charge in [0.2, 0.25) is 5.91 Å². The zero-order valence-corrected chi connectivity index (χ0v) is 13.7. The number of aryl methyl sites for hydroxylation is 3. The van der Waals surface area contributed by atoms with Gasteiger partial charge < -0.3 is 9.64 Å². The average molecular weight is 303 g/mol. The van der Waals surface area contributed by atoms with Crippen molar-refractivity contribution < 1.29 is 14.3 Å². The maximum Gasteiger partial charge on any atom is 0.308 e. The first-order chi connectivity index (χ1) is 10.5. The van der Waals surface area contributed by atoms with Crippen molar-refractivity contribution in [1.82, 2.24) is 4.90 Å². The Morgan fingerprint density at radius 2 is 1.91 bits per heavy atom. The van der Waals surface area contributed by atoms with Gasteiger partial charge in [-0.1, -0.05) is 23.8 Å². The van der Waals surface area contributed by atoms with Gasteiger partial charge in [0, 0.05) is 19.5 Å². The van der Waals surface area contributed by atoms with Crippen molar-refractivity contribution in [3.05, 3.63) is 34.9 Å². The molecule has 1 aliphatic heterocycles. The van der Waals surface area contributed by atoms with E-state index in [1.54, 1.807) is 0 Å². The second-order valence-electron chi connectivity index (χ2n) is 6.11. The second kappa shape index (κ2) is 7.43. The molecule has 1 aromatic rings. The van der Waals surface area contributed by atoms with Gasteiger partial charge >= 0.3 is 5.97 Å². The average Bonchev–Trinajstić information content (AvgIpc) is 2.53. The quantitative estimate of drug-likeness (QED) is 0.803. The molecule has 4 heteroatoms. The zero-order valence-electron chi connectivity index (χ0n) is 13.7. The molecule has 0 radical (unpaired) electrons. The Hall–Kier alpha value is -1.84. The second-order valence-corrected chi connectivity index (χ2v) is 6.11. The molecule has 22 heavy (non-hydrogen) atoms. The number of nitrogens with zero attached hydrogens (tertiary/aromatic N) is 1. The molecule has 0 atom stereocenters. The molecule has 1 fully saturated rings. The van der Waals surface area contributed by atoms with E-state index < -0.39 is 0 Å². The van der Waals surface area contributed by atoms with Crippen LogP contribution in [0.1, 0.15) is 36.0 Å². The monoisotopic (exact) mass is 303 g/mol. The van der Waals surface area contributed by atoms with Crippen LogP contribution in [0.4, 0.5) is 0 Å². The summed E-state index contributed by atoms with van der Waals surface area (Å²) in [4.78, 5) is 25.7. The smallest absolute Gasteiger partial charge is 0.308 e. The standard InChI is InChI=1S/C18H25NO3/c1-13-4-5-15(14(2)12-13)6-7-17(20)19-10-8-16(9-11-19)18(21)22-3/h4-5,12,16H,6-11H2,1-3H3. The normalized spacial score (nSPS) is 15.7. The fourth-order valence-electron chi connectivity index (χ4n) is 3.06. The maximum atomic E-state index is 12.3. The fraction of sp³-hybridized carbons (Fsp3) is 0.556. The van der Waals surface area contributed by atoms with Crippen LogP contribution in [0.2, 0.25) is 0 Å². The van der Waals surface area contributed by atoms with Crippen molar-refractivity contribution in [2.45, 2.75) is 39.5 Å². The van der Waals surface area contributed by atoms with Gasteiger partial charge in [0.15, 0.2) is 0 Å². The van der Waals surface area contributed by atoms with Crippen LogP contribution in [0.3, 0.4) is 0 Å². The summed E-state index contributed by atoms with van der Waals surface area (Å²) in [6, 6.07) is 6.36. The Morgan fingerprint density at radius 3 is 2.50 bits per heavy atom. The maximum absolute atomic E-state index is 12.3. The number of carbonyl (C=O) groups is 2. The molecule has 0 spiro atoms. The van der Waals surface area contributed by atoms with E-state index in [-0.39, 0.29) is 17.8 Å². The number of piperidine rings is 1. The highest BCUT2D eigenvalue weighted by atomic mass is 16.5. The lowest BCUT2D eigenvalue weighted by Crippen LogP contribution is -2.40. The molecular formula is C18H25NO3. The number of benzene rings is 1. The van der Waals surface area contributed by atoms with E-state index in [1.165, 1.54) is 23.8 Å². The Morgan fingerprint density at radius 1 is 1.23 bits per heavy atom. The van der Waals surface area contributed by atoms with E-state index in [2.05, 4.69) is 32.0 Å². The van der Waals surface area contributed by atoms with E-state index in [0.717, 1.165) is 6.42 Å². The summed E-state index contributed by atoms with van der Waals surface area (Å²) in [5, 5.41) is 0. The molecule has 1 aromatic carbocycles. The number of methoxy groups -OCH3 is 1. The van der Waals surface area contributed by atoms with Gasteiger partial charge in [-0.05, 0) is 44.2 Å². The van der Waals surface area contributed by atoms with Crippen LogP contribution < -0.4 is 0 Å². The molecule has 0 aliphatic carbocycles. The van der Waals surface area contributed by atoms with Crippen molar-refractivity contribution in [2.75, 3.05) is 20.2 Å². The molecular weight excluding hydrogens is 278 g/mol. The molecule has 1 amide bonds. The van der Waals surface area contributed by atoms with E-state index in [0.29, 0.717) is 32.4 Å². The molecule has 4 nitrogen and oxygen atoms in total. The van der Waals surface area contributed by atoms with Gasteiger partial charge in [-0.15, -0.1) is 0 Å². The predicted octanol–water partition coefficient (Wildman–Crippen LogP) is 2.65. The first kappa shape index (κ1) is 16.5. The summed E-state index contributed by atoms with van der Waals surface area (Å²) in [5.74, 6) is -0.0148. The fourth-order valence-corrected chi connectivity index (χ4v) is 3.06. The van der Waals surface area contributed by atoms with Crippen LogP contribution in [0.5, 0.6) is 0 Å². The van der Waals surface area contributed by atoms with E-state index >= 15 is 0 Å². The topological polar surface area (TPSA) is 46.6 Å². The zero-order chi connectivity index (χ0) is 16.1. The van der Waals surface area contributed by atoms with Crippen LogP contribution in [-0.2, 0) is 20.7 Å². The molecule has 2 rings (SSSR count). The minimum atomic E-state index is -0.151. The summed E-state index contributed by atoms with van der Waals surface area (Å²) in [6.07, 6.45) is 2.73. The van der Waals surface area contributed by atoms with Crippen molar-refractivity contribution in [3.8, 4) is 0 Å². The van der Waals surface area contributed by atoms with Crippen LogP contribution in [0.15, 0.2) is 18.2 Å². The van der Waals surface area contributed by atoms with E-state index in [9.17, 15) is 9.59 Å². The van der Waals surface area contributed by atoms with Gasteiger partial charge in [0.25, 0.3) is 0 Å². The Balaban J connectivity index is 1.82. The van der Waals surface area contributed by atoms with Crippen molar-refractivity contribution >= 4 is 11.9 Å². The number of hydrogen-bond acceptors (Lipinski definition) is 3. The minimum Gasteiger partial charge on any atom is -0.469 e. The number of likely N-dealkylation sites (tertiary alicyclic amines) is 1. The lowest BCUT2D eigenvalue weighted by molar-refractivity contribution is -0.148. The number of amides is 1. The van der Waals surface area contributed by atoms with Gasteiger partial charge in [-0.25, -0.2) is 0 Å². The van der Waals surface area contributed by atoms with Crippen LogP contribution >= 0.6 is 0 Å². The van der Waals surface area contributed by atoms with Gasteiger partial charge in [-0.3, -0.25) is 9.59 Å². The third-order valence-corrected chi connectivity index (χ3v) is 4.49. The van der Waals surface area contributed by atoms with Gasteiger partial charge in [0.1, 0.15) is 0 Å². The largest absolute Gasteiger partial charge is 0.469 e. The molecule has 1 heterocycles. The van der Waals surface area contributed by atoms with Crippen LogP contribution in [-0.4, -0.2) is 37.0 Å². The Labute approximate surface area is 132 Å². The SMILES string of the molecule is COC(=O)C1CCN(C(=O)CCc2ccc(C)cc2C)CC1. The molecule has 120 valence electrons. The Kier molecular flexibility index (Phi) is 5.58. The predicted molar refractivity (Wildman–Crippen MR) is 85.6 cm³/mol. The van der Waals surface area contributed by atoms with Crippen molar-refractivity contribution in [1.29, 1.82) is 0 Å². The van der Waals surface area contributed by atoms with Crippen LogP contribution in [0, 0.1) is 19.8 Å². The number of ether oxygens (including phenoxy) is 1. The lowest BCUT2D eigenvalue weighted by Gasteiger charge is -2.30. The first-order valence-electron chi connectivity index (χ1n) is 7.93. The minimum absolute atomic E-state index is 0.0478. The number of rotatable bonds is 4. The van der Waals surface area contributed by atoms with E-state index in [1.807, 2.05) is 4.90 Å². The molecule has 1 aliphatic rings. The molecule has 1 saturated heterocycles. The highest BCUT2D eigenvalue weighted by Gasteiger charge is 2.27. The van der Waals surface area contributed by atoms with Crippen molar-refractivity contribution in [2.24, 2.45) is 5.92 Å². The molecule has 0 aromatic heterocycles. The number of hydrogen-bond donors (Lipinski definition) is 0. The summed E-state index contributed by atoms with van der Waals surface area (Å²) in [6.45, 7) is 5.49. The third kappa shape index (κ3) is 4.09. The number of esters is 1. The van der Waals surface area contributed by atoms with Crippen LogP contribution in [0.25, 0.3) is 0 Å². The first-order valence-corrected chi connectivity index (χ1v) is 7.93. The van der Waals surface area contributed by atoms with Crippen molar-refractivity contribution in [3.63, 3.8) is 0 Å². The summed E-state index contributed by atoms with van der Waals surface area (Å²) in [7, 11) is 1.42. The molecule has 0 bridgehead atoms. The Bertz CT molecular complexity index is 545. The lowest BCUT2D eigenvalue weighted by atomic mass is 9.96. The highest BCUT2D eigenvalue weighted by Crippen LogP contribution is 2.20. The molecule has 0 unspecified atom stereocenters. The summed E-state index contributed by atoms with van der Waals surface area (Å²) in [5.41, 5.74) is 3.73. The summed E-state index contributed by atoms with van der Waals surface area (Å²) < 4.78 is 4.77. The third-order valence-electron chi connectivity index (χ3n) is 4.49. The highest BCUT2D eigenvalue weighted by molar-refractivity contribution is 5.77. The molecule has 0 saturated carbocycles. The van der Waals surface area contributed by atoms with Gasteiger partial charge in [-0.2, -0.15) is 0 Å². The number of carbonyl (C=O) groups excluding carboxylic acids is 2. The molecule has 0 N–H and O–H groups in total. The summed E-state index contributed by atoms with van der Waals surface area (Å²) >= 11 is 0. The van der Waals surface area contributed by atoms with E-state index in [4.69, 9.17) is 4.74 Å². The van der Waals surface area contributed by atoms with Gasteiger partial charge in [0.05, 0.1) is 13.0 Å².